The van der Waals surface area contributed by atoms with E-state index in [2.05, 4.69) is 10.1 Å². The average molecular weight is 255 g/mol. The number of nitrogens with one attached hydrogen (secondary N) is 1. The molecule has 0 aliphatic rings. The summed E-state index contributed by atoms with van der Waals surface area (Å²) < 4.78 is 44.4. The molecule has 0 saturated carbocycles. The van der Waals surface area contributed by atoms with Crippen molar-refractivity contribution in [3.8, 4) is 0 Å². The SMILES string of the molecule is COC(=O)C[C@@H](N/C=C\C(=O)C(F)(F)F)OC. The molecule has 8 heteroatoms. The first kappa shape index (κ1) is 15.4. The van der Waals surface area contributed by atoms with Gasteiger partial charge in [0.1, 0.15) is 6.23 Å². The summed E-state index contributed by atoms with van der Waals surface area (Å²) >= 11 is 0. The molecule has 0 rings (SSSR count). The Morgan fingerprint density at radius 2 is 1.94 bits per heavy atom. The highest BCUT2D eigenvalue weighted by atomic mass is 19.4. The summed E-state index contributed by atoms with van der Waals surface area (Å²) in [5.74, 6) is -2.60. The number of carbonyl (C=O) groups is 2. The van der Waals surface area contributed by atoms with Gasteiger partial charge in [0.25, 0.3) is 5.78 Å². The second-order valence-electron chi connectivity index (χ2n) is 2.87. The maximum absolute atomic E-state index is 11.8. The first-order valence-corrected chi connectivity index (χ1v) is 4.44. The molecule has 98 valence electrons. The molecule has 0 amide bonds. The van der Waals surface area contributed by atoms with Crippen LogP contribution in [0.3, 0.4) is 0 Å². The Labute approximate surface area is 95.6 Å². The summed E-state index contributed by atoms with van der Waals surface area (Å²) in [7, 11) is 2.41. The number of methoxy groups -OCH3 is 2. The van der Waals surface area contributed by atoms with E-state index < -0.39 is 24.2 Å². The molecule has 1 atom stereocenters. The minimum atomic E-state index is -4.91. The van der Waals surface area contributed by atoms with Gasteiger partial charge in [-0.05, 0) is 0 Å². The molecule has 0 aliphatic heterocycles. The summed E-state index contributed by atoms with van der Waals surface area (Å²) in [5, 5.41) is 2.31. The fourth-order valence-electron chi connectivity index (χ4n) is 0.771. The molecule has 0 aromatic rings. The minimum Gasteiger partial charge on any atom is -0.469 e. The average Bonchev–Trinajstić information content (AvgIpc) is 2.25. The number of hydrogen-bond acceptors (Lipinski definition) is 5. The van der Waals surface area contributed by atoms with E-state index in [9.17, 15) is 22.8 Å². The third-order valence-corrected chi connectivity index (χ3v) is 1.66. The van der Waals surface area contributed by atoms with Crippen LogP contribution in [0.2, 0.25) is 0 Å². The van der Waals surface area contributed by atoms with E-state index in [4.69, 9.17) is 4.74 Å². The van der Waals surface area contributed by atoms with Gasteiger partial charge in [-0.15, -0.1) is 0 Å². The zero-order valence-corrected chi connectivity index (χ0v) is 9.21. The van der Waals surface area contributed by atoms with Gasteiger partial charge >= 0.3 is 12.1 Å². The van der Waals surface area contributed by atoms with Crippen molar-refractivity contribution in [2.24, 2.45) is 0 Å². The molecule has 0 saturated heterocycles. The van der Waals surface area contributed by atoms with Gasteiger partial charge in [0.2, 0.25) is 0 Å². The number of ketones is 1. The Morgan fingerprint density at radius 3 is 2.35 bits per heavy atom. The van der Waals surface area contributed by atoms with E-state index in [1.165, 1.54) is 7.11 Å². The third kappa shape index (κ3) is 6.56. The molecule has 0 radical (unpaired) electrons. The van der Waals surface area contributed by atoms with E-state index in [0.717, 1.165) is 13.3 Å². The highest BCUT2D eigenvalue weighted by molar-refractivity contribution is 5.94. The molecular weight excluding hydrogens is 243 g/mol. The molecule has 0 bridgehead atoms. The standard InChI is InChI=1S/C9H12F3NO4/c1-16-7(5-8(15)17-2)13-4-3-6(14)9(10,11)12/h3-4,7,13H,5H2,1-2H3/b4-3-/t7-/m0/s1. The Balaban J connectivity index is 4.19. The van der Waals surface area contributed by atoms with Gasteiger partial charge in [0, 0.05) is 19.4 Å². The molecule has 5 nitrogen and oxygen atoms in total. The molecule has 0 unspecified atom stereocenters. The molecule has 0 heterocycles. The number of ether oxygens (including phenoxy) is 2. The van der Waals surface area contributed by atoms with Gasteiger partial charge in [-0.25, -0.2) is 0 Å². The molecular formula is C9H12F3NO4. The van der Waals surface area contributed by atoms with Crippen LogP contribution < -0.4 is 5.32 Å². The number of allylic oxidation sites excluding steroid dienone is 1. The van der Waals surface area contributed by atoms with Crippen molar-refractivity contribution in [2.45, 2.75) is 18.8 Å². The zero-order valence-electron chi connectivity index (χ0n) is 9.21. The van der Waals surface area contributed by atoms with Crippen molar-refractivity contribution < 1.29 is 32.2 Å². The van der Waals surface area contributed by atoms with E-state index >= 15 is 0 Å². The van der Waals surface area contributed by atoms with Crippen molar-refractivity contribution in [3.05, 3.63) is 12.3 Å². The summed E-state index contributed by atoms with van der Waals surface area (Å²) in [6, 6.07) is 0. The van der Waals surface area contributed by atoms with Crippen molar-refractivity contribution in [2.75, 3.05) is 14.2 Å². The predicted octanol–water partition coefficient (Wildman–Crippen LogP) is 0.757. The maximum Gasteiger partial charge on any atom is 0.454 e. The van der Waals surface area contributed by atoms with Crippen molar-refractivity contribution >= 4 is 11.8 Å². The van der Waals surface area contributed by atoms with Crippen LogP contribution in [0.1, 0.15) is 6.42 Å². The second kappa shape index (κ2) is 6.89. The molecule has 0 aromatic heterocycles. The van der Waals surface area contributed by atoms with Crippen LogP contribution in [-0.2, 0) is 19.1 Å². The van der Waals surface area contributed by atoms with Gasteiger partial charge < -0.3 is 14.8 Å². The number of rotatable bonds is 6. The van der Waals surface area contributed by atoms with Crippen molar-refractivity contribution in [3.63, 3.8) is 0 Å². The van der Waals surface area contributed by atoms with Crippen LogP contribution in [0.25, 0.3) is 0 Å². The molecule has 17 heavy (non-hydrogen) atoms. The van der Waals surface area contributed by atoms with E-state index in [1.54, 1.807) is 0 Å². The van der Waals surface area contributed by atoms with E-state index in [0.29, 0.717) is 6.08 Å². The summed E-state index contributed by atoms with van der Waals surface area (Å²) in [5.41, 5.74) is 0. The van der Waals surface area contributed by atoms with Crippen LogP contribution in [0.15, 0.2) is 12.3 Å². The van der Waals surface area contributed by atoms with Crippen LogP contribution >= 0.6 is 0 Å². The van der Waals surface area contributed by atoms with Crippen LogP contribution in [-0.4, -0.2) is 38.4 Å². The predicted molar refractivity (Wildman–Crippen MR) is 50.8 cm³/mol. The first-order chi connectivity index (χ1) is 7.81. The Morgan fingerprint density at radius 1 is 1.35 bits per heavy atom. The maximum atomic E-state index is 11.8. The smallest absolute Gasteiger partial charge is 0.454 e. The Kier molecular flexibility index (Phi) is 6.26. The molecule has 1 N–H and O–H groups in total. The third-order valence-electron chi connectivity index (χ3n) is 1.66. The Bertz CT molecular complexity index is 301. The van der Waals surface area contributed by atoms with Crippen LogP contribution in [0.5, 0.6) is 0 Å². The number of halogens is 3. The molecule has 0 fully saturated rings. The summed E-state index contributed by atoms with van der Waals surface area (Å²) in [6.45, 7) is 0. The normalized spacial score (nSPS) is 13.5. The second-order valence-corrected chi connectivity index (χ2v) is 2.87. The molecule has 0 aliphatic carbocycles. The quantitative estimate of drug-likeness (QED) is 0.431. The largest absolute Gasteiger partial charge is 0.469 e. The first-order valence-electron chi connectivity index (χ1n) is 4.44. The summed E-state index contributed by atoms with van der Waals surface area (Å²) in [4.78, 5) is 21.3. The lowest BCUT2D eigenvalue weighted by Crippen LogP contribution is -2.30. The van der Waals surface area contributed by atoms with Gasteiger partial charge in [0.05, 0.1) is 13.5 Å². The fourth-order valence-corrected chi connectivity index (χ4v) is 0.771. The topological polar surface area (TPSA) is 64.6 Å². The van der Waals surface area contributed by atoms with E-state index in [1.807, 2.05) is 0 Å². The van der Waals surface area contributed by atoms with Gasteiger partial charge in [0.15, 0.2) is 0 Å². The number of alkyl halides is 3. The lowest BCUT2D eigenvalue weighted by atomic mass is 10.3. The molecule has 0 aromatic carbocycles. The number of carbonyl (C=O) groups excluding carboxylic acids is 2. The van der Waals surface area contributed by atoms with E-state index in [-0.39, 0.29) is 6.42 Å². The minimum absolute atomic E-state index is 0.197. The lowest BCUT2D eigenvalue weighted by Gasteiger charge is -2.13. The van der Waals surface area contributed by atoms with Crippen LogP contribution in [0.4, 0.5) is 13.2 Å². The summed E-state index contributed by atoms with van der Waals surface area (Å²) in [6.07, 6.45) is -4.89. The lowest BCUT2D eigenvalue weighted by molar-refractivity contribution is -0.165. The van der Waals surface area contributed by atoms with Crippen molar-refractivity contribution in [1.82, 2.24) is 5.32 Å². The molecule has 0 spiro atoms. The number of esters is 1. The Hall–Kier alpha value is -1.57. The van der Waals surface area contributed by atoms with Gasteiger partial charge in [-0.2, -0.15) is 13.2 Å². The van der Waals surface area contributed by atoms with Gasteiger partial charge in [-0.1, -0.05) is 0 Å². The fraction of sp³-hybridized carbons (Fsp3) is 0.556. The van der Waals surface area contributed by atoms with Crippen LogP contribution in [0, 0.1) is 0 Å². The zero-order chi connectivity index (χ0) is 13.5. The number of hydrogen-bond donors (Lipinski definition) is 1. The monoisotopic (exact) mass is 255 g/mol. The highest BCUT2D eigenvalue weighted by Gasteiger charge is 2.36. The van der Waals surface area contributed by atoms with Gasteiger partial charge in [-0.3, -0.25) is 9.59 Å². The highest BCUT2D eigenvalue weighted by Crippen LogP contribution is 2.16. The van der Waals surface area contributed by atoms with Crippen molar-refractivity contribution in [1.29, 1.82) is 0 Å².